The molecule has 0 saturated heterocycles. The minimum absolute atomic E-state index is 0.129. The molecule has 0 N–H and O–H groups in total. The Hall–Kier alpha value is -6.44. The maximum absolute atomic E-state index is 2.55. The van der Waals surface area contributed by atoms with E-state index in [-0.39, 0.29) is 10.8 Å². The van der Waals surface area contributed by atoms with Crippen molar-refractivity contribution in [2.75, 3.05) is 4.90 Å². The van der Waals surface area contributed by atoms with Gasteiger partial charge in [-0.1, -0.05) is 167 Å². The van der Waals surface area contributed by atoms with E-state index in [9.17, 15) is 0 Å². The minimum Gasteiger partial charge on any atom is -0.310 e. The van der Waals surface area contributed by atoms with Crippen LogP contribution in [-0.2, 0) is 10.8 Å². The molecule has 55 heavy (non-hydrogen) atoms. The first-order valence-electron chi connectivity index (χ1n) is 19.5. The van der Waals surface area contributed by atoms with Crippen molar-refractivity contribution in [3.63, 3.8) is 0 Å². The van der Waals surface area contributed by atoms with Gasteiger partial charge in [-0.2, -0.15) is 0 Å². The molecule has 0 atom stereocenters. The average Bonchev–Trinajstić information content (AvgIpc) is 3.60. The number of rotatable bonds is 4. The molecular weight excluding hydrogens is 663 g/mol. The van der Waals surface area contributed by atoms with Gasteiger partial charge in [0.1, 0.15) is 0 Å². The van der Waals surface area contributed by atoms with E-state index in [4.69, 9.17) is 0 Å². The molecule has 0 saturated carbocycles. The Morgan fingerprint density at radius 3 is 1.40 bits per heavy atom. The average molecular weight is 704 g/mol. The first-order valence-corrected chi connectivity index (χ1v) is 19.5. The van der Waals surface area contributed by atoms with Crippen LogP contribution < -0.4 is 4.90 Å². The maximum atomic E-state index is 2.55. The van der Waals surface area contributed by atoms with Gasteiger partial charge in [0.05, 0.1) is 5.69 Å². The van der Waals surface area contributed by atoms with Crippen LogP contribution in [0.3, 0.4) is 0 Å². The molecule has 0 aliphatic heterocycles. The van der Waals surface area contributed by atoms with Gasteiger partial charge in [-0.3, -0.25) is 0 Å². The number of anilines is 3. The van der Waals surface area contributed by atoms with Crippen molar-refractivity contribution in [1.82, 2.24) is 0 Å². The lowest BCUT2D eigenvalue weighted by Crippen LogP contribution is -2.18. The predicted octanol–water partition coefficient (Wildman–Crippen LogP) is 14.9. The van der Waals surface area contributed by atoms with Gasteiger partial charge >= 0.3 is 0 Å². The number of fused-ring (bicyclic) bond motifs is 12. The topological polar surface area (TPSA) is 3.24 Å². The smallest absolute Gasteiger partial charge is 0.0543 e. The lowest BCUT2D eigenvalue weighted by Gasteiger charge is -2.32. The summed E-state index contributed by atoms with van der Waals surface area (Å²) < 4.78 is 0. The third kappa shape index (κ3) is 4.53. The number of hydrogen-bond donors (Lipinski definition) is 0. The Balaban J connectivity index is 1.24. The van der Waals surface area contributed by atoms with Gasteiger partial charge in [0.2, 0.25) is 0 Å². The van der Waals surface area contributed by atoms with Gasteiger partial charge in [-0.05, 0) is 119 Å². The molecule has 2 aliphatic rings. The van der Waals surface area contributed by atoms with Crippen LogP contribution in [0, 0.1) is 0 Å². The molecule has 0 heterocycles. The maximum Gasteiger partial charge on any atom is 0.0543 e. The molecule has 0 amide bonds. The van der Waals surface area contributed by atoms with Crippen molar-refractivity contribution in [3.8, 4) is 33.4 Å². The fraction of sp³-hybridized carbons (Fsp3) is 0.111. The van der Waals surface area contributed by atoms with E-state index in [0.29, 0.717) is 0 Å². The highest BCUT2D eigenvalue weighted by molar-refractivity contribution is 6.25. The summed E-state index contributed by atoms with van der Waals surface area (Å²) in [6.07, 6.45) is 0. The standard InChI is InChI=1S/C54H41N/c1-53(2)48-24-14-12-22-42(48)44-29-27-36(31-50(44)53)55(35-26-28-41-39-20-9-8-18-37(39)38-19-10-11-21-40(38)46(41)30-35)52-33-51-47(32-45(52)34-16-6-5-7-17-34)43-23-13-15-25-49(43)54(51,3)4/h5-33H,1-4H3. The van der Waals surface area contributed by atoms with Crippen molar-refractivity contribution < 1.29 is 0 Å². The zero-order valence-corrected chi connectivity index (χ0v) is 31.7. The highest BCUT2D eigenvalue weighted by Crippen LogP contribution is 2.55. The largest absolute Gasteiger partial charge is 0.310 e. The lowest BCUT2D eigenvalue weighted by atomic mass is 9.81. The third-order valence-corrected chi connectivity index (χ3v) is 12.8. The molecule has 2 aliphatic carbocycles. The van der Waals surface area contributed by atoms with E-state index >= 15 is 0 Å². The Morgan fingerprint density at radius 1 is 0.309 bits per heavy atom. The fourth-order valence-corrected chi connectivity index (χ4v) is 10.1. The summed E-state index contributed by atoms with van der Waals surface area (Å²) in [7, 11) is 0. The van der Waals surface area contributed by atoms with Gasteiger partial charge < -0.3 is 4.90 Å². The molecule has 11 rings (SSSR count). The minimum atomic E-state index is -0.151. The Bertz CT molecular complexity index is 3000. The summed E-state index contributed by atoms with van der Waals surface area (Å²) >= 11 is 0. The molecule has 0 bridgehead atoms. The van der Waals surface area contributed by atoms with Crippen LogP contribution in [0.1, 0.15) is 49.9 Å². The van der Waals surface area contributed by atoms with Crippen LogP contribution in [-0.4, -0.2) is 0 Å². The summed E-state index contributed by atoms with van der Waals surface area (Å²) in [5.41, 5.74) is 16.5. The Kier molecular flexibility index (Phi) is 6.72. The molecular formula is C54H41N. The summed E-state index contributed by atoms with van der Waals surface area (Å²) in [6.45, 7) is 9.53. The zero-order chi connectivity index (χ0) is 37.1. The molecule has 0 fully saturated rings. The summed E-state index contributed by atoms with van der Waals surface area (Å²) in [6, 6.07) is 66.0. The van der Waals surface area contributed by atoms with Gasteiger partial charge in [0.15, 0.2) is 0 Å². The summed E-state index contributed by atoms with van der Waals surface area (Å²) in [5, 5.41) is 7.68. The van der Waals surface area contributed by atoms with Crippen LogP contribution >= 0.6 is 0 Å². The van der Waals surface area contributed by atoms with Gasteiger partial charge in [-0.15, -0.1) is 0 Å². The normalized spacial score (nSPS) is 14.5. The molecule has 9 aromatic carbocycles. The lowest BCUT2D eigenvalue weighted by molar-refractivity contribution is 0.660. The number of nitrogens with zero attached hydrogens (tertiary/aromatic N) is 1. The van der Waals surface area contributed by atoms with Crippen molar-refractivity contribution in [2.45, 2.75) is 38.5 Å². The SMILES string of the molecule is CC1(C)c2ccccc2-c2ccc(N(c3ccc4c5ccccc5c5ccccc5c4c3)c3cc4c(cc3-c3ccccc3)-c3ccccc3C4(C)C)cc21. The van der Waals surface area contributed by atoms with Crippen molar-refractivity contribution in [2.24, 2.45) is 0 Å². The van der Waals surface area contributed by atoms with Crippen molar-refractivity contribution in [1.29, 1.82) is 0 Å². The monoisotopic (exact) mass is 703 g/mol. The second kappa shape index (κ2) is 11.5. The quantitative estimate of drug-likeness (QED) is 0.165. The van der Waals surface area contributed by atoms with E-state index in [2.05, 4.69) is 209 Å². The highest BCUT2D eigenvalue weighted by Gasteiger charge is 2.38. The van der Waals surface area contributed by atoms with Crippen LogP contribution in [0.4, 0.5) is 17.1 Å². The number of benzene rings is 9. The molecule has 0 spiro atoms. The van der Waals surface area contributed by atoms with Crippen LogP contribution in [0.25, 0.3) is 65.7 Å². The van der Waals surface area contributed by atoms with Crippen LogP contribution in [0.15, 0.2) is 176 Å². The van der Waals surface area contributed by atoms with Crippen molar-refractivity contribution in [3.05, 3.63) is 198 Å². The van der Waals surface area contributed by atoms with E-state index in [0.717, 1.165) is 11.4 Å². The molecule has 1 heteroatoms. The number of hydrogen-bond acceptors (Lipinski definition) is 1. The molecule has 262 valence electrons. The molecule has 0 aromatic heterocycles. The van der Waals surface area contributed by atoms with Crippen molar-refractivity contribution >= 4 is 49.4 Å². The second-order valence-electron chi connectivity index (χ2n) is 16.5. The highest BCUT2D eigenvalue weighted by atomic mass is 15.1. The van der Waals surface area contributed by atoms with E-state index in [1.165, 1.54) is 93.6 Å². The van der Waals surface area contributed by atoms with Gasteiger partial charge in [0.25, 0.3) is 0 Å². The predicted molar refractivity (Wildman–Crippen MR) is 234 cm³/mol. The first-order chi connectivity index (χ1) is 26.8. The zero-order valence-electron chi connectivity index (χ0n) is 31.7. The molecule has 0 unspecified atom stereocenters. The summed E-state index contributed by atoms with van der Waals surface area (Å²) in [4.78, 5) is 2.55. The second-order valence-corrected chi connectivity index (χ2v) is 16.5. The van der Waals surface area contributed by atoms with Gasteiger partial charge in [0, 0.05) is 27.8 Å². The Labute approximate surface area is 323 Å². The van der Waals surface area contributed by atoms with Gasteiger partial charge in [-0.25, -0.2) is 0 Å². The van der Waals surface area contributed by atoms with Crippen LogP contribution in [0.2, 0.25) is 0 Å². The third-order valence-electron chi connectivity index (χ3n) is 12.8. The first kappa shape index (κ1) is 32.0. The van der Waals surface area contributed by atoms with E-state index in [1.54, 1.807) is 0 Å². The van der Waals surface area contributed by atoms with Crippen LogP contribution in [0.5, 0.6) is 0 Å². The summed E-state index contributed by atoms with van der Waals surface area (Å²) in [5.74, 6) is 0. The fourth-order valence-electron chi connectivity index (χ4n) is 10.1. The van der Waals surface area contributed by atoms with E-state index in [1.807, 2.05) is 0 Å². The van der Waals surface area contributed by atoms with E-state index < -0.39 is 0 Å². The molecule has 0 radical (unpaired) electrons. The molecule has 9 aromatic rings. The Morgan fingerprint density at radius 2 is 0.764 bits per heavy atom. The molecule has 1 nitrogen and oxygen atoms in total.